The maximum atomic E-state index is 3.39. The number of halogens is 3. The Kier molecular flexibility index (Phi) is 8.76. The molecule has 2 rings (SSSR count). The number of nitrogens with zero attached hydrogens (tertiary/aromatic N) is 1. The molecule has 2 nitrogen and oxygen atoms in total. The fourth-order valence-corrected chi connectivity index (χ4v) is 2.92. The van der Waals surface area contributed by atoms with E-state index >= 15 is 0 Å². The molecule has 0 aliphatic carbocycles. The van der Waals surface area contributed by atoms with Gasteiger partial charge in [0.25, 0.3) is 0 Å². The van der Waals surface area contributed by atoms with Crippen molar-refractivity contribution in [3.05, 3.63) is 33.4 Å². The van der Waals surface area contributed by atoms with Crippen LogP contribution in [0.1, 0.15) is 18.5 Å². The van der Waals surface area contributed by atoms with E-state index in [1.165, 1.54) is 9.13 Å². The number of benzene rings is 1. The lowest BCUT2D eigenvalue weighted by molar-refractivity contribution is 0.185. The molecule has 1 N–H and O–H groups in total. The predicted octanol–water partition coefficient (Wildman–Crippen LogP) is 3.10. The highest BCUT2D eigenvalue weighted by molar-refractivity contribution is 14.1. The van der Waals surface area contributed by atoms with E-state index in [2.05, 4.69) is 64.0 Å². The second-order valence-corrected chi connectivity index (χ2v) is 5.15. The summed E-state index contributed by atoms with van der Waals surface area (Å²) in [6.45, 7) is 6.86. The van der Waals surface area contributed by atoms with Crippen molar-refractivity contribution >= 4 is 47.4 Å². The Morgan fingerprint density at radius 1 is 1.18 bits per heavy atom. The van der Waals surface area contributed by atoms with Crippen LogP contribution in [0.2, 0.25) is 0 Å². The minimum atomic E-state index is 0. The molecule has 1 aliphatic heterocycles. The molecule has 1 fully saturated rings. The highest BCUT2D eigenvalue weighted by atomic mass is 127. The van der Waals surface area contributed by atoms with E-state index in [-0.39, 0.29) is 24.8 Å². The summed E-state index contributed by atoms with van der Waals surface area (Å²) in [5, 5.41) is 3.39. The Morgan fingerprint density at radius 2 is 1.76 bits per heavy atom. The first-order valence-electron chi connectivity index (χ1n) is 5.48. The van der Waals surface area contributed by atoms with Gasteiger partial charge in [-0.1, -0.05) is 18.2 Å². The summed E-state index contributed by atoms with van der Waals surface area (Å²) >= 11 is 2.43. The van der Waals surface area contributed by atoms with Crippen molar-refractivity contribution < 1.29 is 0 Å². The van der Waals surface area contributed by atoms with E-state index in [9.17, 15) is 0 Å². The summed E-state index contributed by atoms with van der Waals surface area (Å²) in [4.78, 5) is 2.55. The monoisotopic (exact) mass is 388 g/mol. The highest BCUT2D eigenvalue weighted by Crippen LogP contribution is 2.24. The summed E-state index contributed by atoms with van der Waals surface area (Å²) in [7, 11) is 0. The molecule has 1 atom stereocenters. The third-order valence-electron chi connectivity index (χ3n) is 3.05. The molecule has 0 saturated carbocycles. The van der Waals surface area contributed by atoms with E-state index in [0.29, 0.717) is 6.04 Å². The van der Waals surface area contributed by atoms with Gasteiger partial charge in [0.15, 0.2) is 0 Å². The third-order valence-corrected chi connectivity index (χ3v) is 4.04. The fourth-order valence-electron chi connectivity index (χ4n) is 2.08. The first-order chi connectivity index (χ1) is 7.29. The molecule has 0 amide bonds. The molecule has 5 heteroatoms. The number of hydrogen-bond acceptors (Lipinski definition) is 2. The van der Waals surface area contributed by atoms with Gasteiger partial charge in [-0.25, -0.2) is 0 Å². The summed E-state index contributed by atoms with van der Waals surface area (Å²) in [6.07, 6.45) is 0. The molecule has 1 aliphatic rings. The maximum absolute atomic E-state index is 3.39. The van der Waals surface area contributed by atoms with Crippen LogP contribution < -0.4 is 5.32 Å². The van der Waals surface area contributed by atoms with Crippen molar-refractivity contribution in [3.63, 3.8) is 0 Å². The SMILES string of the molecule is C[C@H](c1ccccc1I)N1CCNCC1.Cl.Cl. The van der Waals surface area contributed by atoms with Crippen molar-refractivity contribution in [2.45, 2.75) is 13.0 Å². The Balaban J connectivity index is 0.00000128. The largest absolute Gasteiger partial charge is 0.314 e. The zero-order chi connectivity index (χ0) is 10.7. The van der Waals surface area contributed by atoms with Crippen LogP contribution in [0.4, 0.5) is 0 Å². The van der Waals surface area contributed by atoms with Gasteiger partial charge in [-0.2, -0.15) is 0 Å². The minimum absolute atomic E-state index is 0. The predicted molar refractivity (Wildman–Crippen MR) is 86.5 cm³/mol. The van der Waals surface area contributed by atoms with Gasteiger partial charge in [0, 0.05) is 35.8 Å². The highest BCUT2D eigenvalue weighted by Gasteiger charge is 2.18. The molecule has 0 radical (unpaired) electrons. The zero-order valence-corrected chi connectivity index (χ0v) is 13.6. The Bertz CT molecular complexity index is 330. The van der Waals surface area contributed by atoms with Crippen LogP contribution in [0.5, 0.6) is 0 Å². The molecule has 1 aromatic rings. The molecule has 0 aromatic heterocycles. The van der Waals surface area contributed by atoms with Crippen molar-refractivity contribution in [1.82, 2.24) is 10.2 Å². The van der Waals surface area contributed by atoms with Crippen LogP contribution in [0.15, 0.2) is 24.3 Å². The Labute approximate surface area is 129 Å². The average Bonchev–Trinajstić information content (AvgIpc) is 2.30. The van der Waals surface area contributed by atoms with Crippen LogP contribution in [0, 0.1) is 3.57 Å². The number of hydrogen-bond donors (Lipinski definition) is 1. The fraction of sp³-hybridized carbons (Fsp3) is 0.500. The van der Waals surface area contributed by atoms with E-state index in [1.807, 2.05) is 0 Å². The molecule has 98 valence electrons. The summed E-state index contributed by atoms with van der Waals surface area (Å²) < 4.78 is 1.38. The molecular weight excluding hydrogens is 370 g/mol. The van der Waals surface area contributed by atoms with Crippen LogP contribution in [-0.4, -0.2) is 31.1 Å². The van der Waals surface area contributed by atoms with Gasteiger partial charge < -0.3 is 5.32 Å². The standard InChI is InChI=1S/C12H17IN2.2ClH/c1-10(15-8-6-14-7-9-15)11-4-2-3-5-12(11)13;;/h2-5,10,14H,6-9H2,1H3;2*1H/t10-;;/m1../s1. The van der Waals surface area contributed by atoms with Crippen molar-refractivity contribution in [2.24, 2.45) is 0 Å². The Morgan fingerprint density at radius 3 is 2.35 bits per heavy atom. The van der Waals surface area contributed by atoms with Crippen molar-refractivity contribution in [3.8, 4) is 0 Å². The number of piperazine rings is 1. The van der Waals surface area contributed by atoms with E-state index < -0.39 is 0 Å². The first kappa shape index (κ1) is 17.4. The Hall–Kier alpha value is 0.450. The molecule has 1 heterocycles. The zero-order valence-electron chi connectivity index (χ0n) is 9.86. The second kappa shape index (κ2) is 8.53. The quantitative estimate of drug-likeness (QED) is 0.783. The minimum Gasteiger partial charge on any atom is -0.314 e. The topological polar surface area (TPSA) is 15.3 Å². The van der Waals surface area contributed by atoms with Gasteiger partial charge in [0.1, 0.15) is 0 Å². The number of nitrogens with one attached hydrogen (secondary N) is 1. The second-order valence-electron chi connectivity index (χ2n) is 3.98. The molecular formula is C12H19Cl2IN2. The molecule has 0 bridgehead atoms. The average molecular weight is 389 g/mol. The van der Waals surface area contributed by atoms with E-state index in [1.54, 1.807) is 0 Å². The maximum Gasteiger partial charge on any atom is 0.0331 e. The summed E-state index contributed by atoms with van der Waals surface area (Å²) in [5.41, 5.74) is 1.46. The lowest BCUT2D eigenvalue weighted by Gasteiger charge is -2.33. The van der Waals surface area contributed by atoms with Gasteiger partial charge in [0.05, 0.1) is 0 Å². The van der Waals surface area contributed by atoms with Crippen LogP contribution in [0.3, 0.4) is 0 Å². The summed E-state index contributed by atoms with van der Waals surface area (Å²) in [6, 6.07) is 9.22. The van der Waals surface area contributed by atoms with Gasteiger partial charge in [-0.3, -0.25) is 4.90 Å². The van der Waals surface area contributed by atoms with Gasteiger partial charge in [-0.15, -0.1) is 24.8 Å². The molecule has 0 spiro atoms. The van der Waals surface area contributed by atoms with E-state index in [0.717, 1.165) is 26.2 Å². The van der Waals surface area contributed by atoms with Crippen molar-refractivity contribution in [1.29, 1.82) is 0 Å². The van der Waals surface area contributed by atoms with Crippen LogP contribution >= 0.6 is 47.4 Å². The van der Waals surface area contributed by atoms with Crippen LogP contribution in [-0.2, 0) is 0 Å². The molecule has 1 aromatic carbocycles. The lowest BCUT2D eigenvalue weighted by Crippen LogP contribution is -2.44. The molecule has 1 saturated heterocycles. The number of rotatable bonds is 2. The van der Waals surface area contributed by atoms with E-state index in [4.69, 9.17) is 0 Å². The lowest BCUT2D eigenvalue weighted by atomic mass is 10.1. The third kappa shape index (κ3) is 4.56. The normalized spacial score (nSPS) is 17.8. The van der Waals surface area contributed by atoms with Crippen LogP contribution in [0.25, 0.3) is 0 Å². The smallest absolute Gasteiger partial charge is 0.0331 e. The van der Waals surface area contributed by atoms with Gasteiger partial charge >= 0.3 is 0 Å². The summed E-state index contributed by atoms with van der Waals surface area (Å²) in [5.74, 6) is 0. The first-order valence-corrected chi connectivity index (χ1v) is 6.56. The van der Waals surface area contributed by atoms with Gasteiger partial charge in [0.2, 0.25) is 0 Å². The molecule has 17 heavy (non-hydrogen) atoms. The molecule has 0 unspecified atom stereocenters. The van der Waals surface area contributed by atoms with Gasteiger partial charge in [-0.05, 0) is 41.1 Å². The van der Waals surface area contributed by atoms with Crippen molar-refractivity contribution in [2.75, 3.05) is 26.2 Å².